The number of nitrogens with two attached hydrogens (primary N) is 1. The molecule has 0 aromatic carbocycles. The van der Waals surface area contributed by atoms with Crippen LogP contribution in [0.15, 0.2) is 0 Å². The third-order valence-corrected chi connectivity index (χ3v) is 1.01. The lowest BCUT2D eigenvalue weighted by molar-refractivity contribution is -0.144. The Morgan fingerprint density at radius 3 is 2.80 bits per heavy atom. The lowest BCUT2D eigenvalue weighted by Crippen LogP contribution is -2.40. The van der Waals surface area contributed by atoms with E-state index in [1.54, 1.807) is 14.0 Å². The molecule has 3 N–H and O–H groups in total. The van der Waals surface area contributed by atoms with Gasteiger partial charge in [0.1, 0.15) is 6.04 Å². The van der Waals surface area contributed by atoms with Crippen molar-refractivity contribution in [3.8, 4) is 0 Å². The van der Waals surface area contributed by atoms with Crippen LogP contribution < -0.4 is 11.1 Å². The van der Waals surface area contributed by atoms with Gasteiger partial charge >= 0.3 is 5.97 Å². The van der Waals surface area contributed by atoms with Crippen LogP contribution in [0.1, 0.15) is 6.92 Å². The fraction of sp³-hybridized carbons (Fsp3) is 0.833. The van der Waals surface area contributed by atoms with Gasteiger partial charge in [0.05, 0.1) is 6.61 Å². The Morgan fingerprint density at radius 2 is 2.40 bits per heavy atom. The summed E-state index contributed by atoms with van der Waals surface area (Å²) in [7, 11) is 1.74. The Labute approximate surface area is 60.7 Å². The highest BCUT2D eigenvalue weighted by Crippen LogP contribution is 1.82. The van der Waals surface area contributed by atoms with Gasteiger partial charge in [0.25, 0.3) is 0 Å². The van der Waals surface area contributed by atoms with E-state index in [0.29, 0.717) is 13.2 Å². The van der Waals surface area contributed by atoms with Gasteiger partial charge in [0.2, 0.25) is 0 Å². The predicted octanol–water partition coefficient (Wildman–Crippen LogP) is -0.904. The molecule has 0 amide bonds. The summed E-state index contributed by atoms with van der Waals surface area (Å²) < 4.78 is 4.65. The van der Waals surface area contributed by atoms with Crippen LogP contribution in [0, 0.1) is 0 Å². The summed E-state index contributed by atoms with van der Waals surface area (Å²) >= 11 is 0. The number of nitrogens with one attached hydrogen (secondary N) is 1. The molecule has 0 aliphatic carbocycles. The van der Waals surface area contributed by atoms with Crippen molar-refractivity contribution in [3.05, 3.63) is 0 Å². The van der Waals surface area contributed by atoms with E-state index in [2.05, 4.69) is 10.1 Å². The number of carbonyl (C=O) groups is 1. The van der Waals surface area contributed by atoms with Crippen molar-refractivity contribution in [3.63, 3.8) is 0 Å². The zero-order valence-corrected chi connectivity index (χ0v) is 6.39. The van der Waals surface area contributed by atoms with Crippen molar-refractivity contribution < 1.29 is 9.53 Å². The normalized spacial score (nSPS) is 12.7. The van der Waals surface area contributed by atoms with Gasteiger partial charge in [-0.25, -0.2) is 0 Å². The number of likely N-dealkylation sites (N-methyl/N-ethyl adjacent to an activating group) is 1. The molecule has 60 valence electrons. The molecule has 0 saturated heterocycles. The topological polar surface area (TPSA) is 64.3 Å². The second-order valence-electron chi connectivity index (χ2n) is 1.92. The highest BCUT2D eigenvalue weighted by molar-refractivity contribution is 5.75. The van der Waals surface area contributed by atoms with Gasteiger partial charge in [-0.2, -0.15) is 0 Å². The van der Waals surface area contributed by atoms with Gasteiger partial charge in [-0.05, 0) is 14.0 Å². The number of hydrogen-bond acceptors (Lipinski definition) is 4. The van der Waals surface area contributed by atoms with Crippen molar-refractivity contribution in [2.75, 3.05) is 20.2 Å². The predicted molar refractivity (Wildman–Crippen MR) is 38.5 cm³/mol. The van der Waals surface area contributed by atoms with Crippen molar-refractivity contribution in [2.45, 2.75) is 13.0 Å². The number of carbonyl (C=O) groups excluding carboxylic acids is 1. The quantitative estimate of drug-likeness (QED) is 0.504. The Balaban J connectivity index is 3.49. The smallest absolute Gasteiger partial charge is 0.324 e. The van der Waals surface area contributed by atoms with E-state index in [0.717, 1.165) is 0 Å². The molecule has 0 heterocycles. The van der Waals surface area contributed by atoms with Crippen LogP contribution in [-0.4, -0.2) is 32.2 Å². The summed E-state index contributed by atoms with van der Waals surface area (Å²) in [4.78, 5) is 10.7. The van der Waals surface area contributed by atoms with Gasteiger partial charge in [-0.1, -0.05) is 0 Å². The molecule has 0 spiro atoms. The van der Waals surface area contributed by atoms with Gasteiger partial charge in [0, 0.05) is 6.54 Å². The summed E-state index contributed by atoms with van der Waals surface area (Å²) in [6.45, 7) is 2.60. The van der Waals surface area contributed by atoms with Crippen LogP contribution in [-0.2, 0) is 9.53 Å². The average Bonchev–Trinajstić information content (AvgIpc) is 1.89. The van der Waals surface area contributed by atoms with Crippen molar-refractivity contribution in [1.82, 2.24) is 5.32 Å². The molecule has 10 heavy (non-hydrogen) atoms. The average molecular weight is 146 g/mol. The number of ether oxygens (including phenoxy) is 1. The molecular weight excluding hydrogens is 132 g/mol. The van der Waals surface area contributed by atoms with Crippen LogP contribution in [0.3, 0.4) is 0 Å². The maximum Gasteiger partial charge on any atom is 0.324 e. The van der Waals surface area contributed by atoms with E-state index in [4.69, 9.17) is 5.73 Å². The maximum absolute atomic E-state index is 10.7. The third kappa shape index (κ3) is 3.42. The molecule has 0 aliphatic rings. The summed E-state index contributed by atoms with van der Waals surface area (Å²) in [5, 5.41) is 2.78. The van der Waals surface area contributed by atoms with E-state index in [-0.39, 0.29) is 5.97 Å². The second-order valence-corrected chi connectivity index (χ2v) is 1.92. The number of rotatable bonds is 4. The molecule has 0 saturated carbocycles. The zero-order valence-electron chi connectivity index (χ0n) is 6.39. The SMILES string of the molecule is CCOC(=O)C(N)CNC. The Morgan fingerprint density at radius 1 is 1.80 bits per heavy atom. The Bertz CT molecular complexity index is 106. The molecule has 0 aromatic rings. The summed E-state index contributed by atoms with van der Waals surface area (Å²) in [6, 6.07) is -0.537. The van der Waals surface area contributed by atoms with Crippen LogP contribution in [0.2, 0.25) is 0 Å². The number of hydrogen-bond donors (Lipinski definition) is 2. The second kappa shape index (κ2) is 5.20. The fourth-order valence-corrected chi connectivity index (χ4v) is 0.553. The molecule has 4 heteroatoms. The minimum atomic E-state index is -0.537. The fourth-order valence-electron chi connectivity index (χ4n) is 0.553. The van der Waals surface area contributed by atoms with Crippen molar-refractivity contribution >= 4 is 5.97 Å². The summed E-state index contributed by atoms with van der Waals surface area (Å²) in [5.74, 6) is -0.350. The highest BCUT2D eigenvalue weighted by Gasteiger charge is 2.11. The van der Waals surface area contributed by atoms with Crippen LogP contribution >= 0.6 is 0 Å². The molecule has 0 rings (SSSR count). The molecule has 4 nitrogen and oxygen atoms in total. The molecular formula is C6H14N2O2. The van der Waals surface area contributed by atoms with Gasteiger partial charge < -0.3 is 15.8 Å². The van der Waals surface area contributed by atoms with E-state index < -0.39 is 6.04 Å². The molecule has 1 atom stereocenters. The standard InChI is InChI=1S/C6H14N2O2/c1-3-10-6(9)5(7)4-8-2/h5,8H,3-4,7H2,1-2H3. The first kappa shape index (κ1) is 9.39. The molecule has 1 unspecified atom stereocenters. The third-order valence-electron chi connectivity index (χ3n) is 1.01. The van der Waals surface area contributed by atoms with E-state index >= 15 is 0 Å². The molecule has 0 aliphatic heterocycles. The first-order valence-corrected chi connectivity index (χ1v) is 3.29. The lowest BCUT2D eigenvalue weighted by atomic mass is 10.3. The lowest BCUT2D eigenvalue weighted by Gasteiger charge is -2.08. The maximum atomic E-state index is 10.7. The van der Waals surface area contributed by atoms with Crippen LogP contribution in [0.5, 0.6) is 0 Å². The van der Waals surface area contributed by atoms with Gasteiger partial charge in [-0.15, -0.1) is 0 Å². The Hall–Kier alpha value is -0.610. The minimum absolute atomic E-state index is 0.350. The van der Waals surface area contributed by atoms with E-state index in [1.165, 1.54) is 0 Å². The zero-order chi connectivity index (χ0) is 7.98. The first-order valence-electron chi connectivity index (χ1n) is 3.29. The molecule has 0 bridgehead atoms. The van der Waals surface area contributed by atoms with E-state index in [9.17, 15) is 4.79 Å². The van der Waals surface area contributed by atoms with E-state index in [1.807, 2.05) is 0 Å². The molecule has 0 radical (unpaired) electrons. The molecule has 0 aromatic heterocycles. The molecule has 0 fully saturated rings. The minimum Gasteiger partial charge on any atom is -0.465 e. The van der Waals surface area contributed by atoms with Gasteiger partial charge in [0.15, 0.2) is 0 Å². The Kier molecular flexibility index (Phi) is 4.88. The van der Waals surface area contributed by atoms with Gasteiger partial charge in [-0.3, -0.25) is 4.79 Å². The first-order chi connectivity index (χ1) is 4.72. The van der Waals surface area contributed by atoms with Crippen LogP contribution in [0.25, 0.3) is 0 Å². The highest BCUT2D eigenvalue weighted by atomic mass is 16.5. The van der Waals surface area contributed by atoms with Crippen molar-refractivity contribution in [1.29, 1.82) is 0 Å². The summed E-state index contributed by atoms with van der Waals surface area (Å²) in [5.41, 5.74) is 5.38. The summed E-state index contributed by atoms with van der Waals surface area (Å²) in [6.07, 6.45) is 0. The van der Waals surface area contributed by atoms with Crippen LogP contribution in [0.4, 0.5) is 0 Å². The monoisotopic (exact) mass is 146 g/mol. The largest absolute Gasteiger partial charge is 0.465 e. The van der Waals surface area contributed by atoms with Crippen molar-refractivity contribution in [2.24, 2.45) is 5.73 Å². The number of esters is 1.